The largest absolute Gasteiger partial charge is 0.458 e. The second-order valence-electron chi connectivity index (χ2n) is 3.77. The molecule has 61 valence electrons. The monoisotopic (exact) mass is 155 g/mol. The normalized spacial score (nSPS) is 27.2. The van der Waals surface area contributed by atoms with Crippen LogP contribution < -0.4 is 0 Å². The smallest absolute Gasteiger partial charge is 0.439 e. The molecule has 1 N–H and O–H groups in total. The molecule has 11 heavy (non-hydrogen) atoms. The average molecular weight is 155 g/mol. The average Bonchev–Trinajstić information content (AvgIpc) is 2.03. The second kappa shape index (κ2) is 2.51. The van der Waals surface area contributed by atoms with E-state index in [2.05, 4.69) is 0 Å². The maximum Gasteiger partial charge on any atom is 0.439 e. The Labute approximate surface area is 68.5 Å². The third-order valence-electron chi connectivity index (χ3n) is 2.39. The van der Waals surface area contributed by atoms with Crippen LogP contribution in [0.2, 0.25) is 0 Å². The van der Waals surface area contributed by atoms with Gasteiger partial charge in [0, 0.05) is 0 Å². The van der Waals surface area contributed by atoms with E-state index in [1.165, 1.54) is 0 Å². The SMILES string of the molecule is CC1(C)OB([B]O)OC1(C)C. The molecular weight excluding hydrogens is 142 g/mol. The minimum atomic E-state index is -0.583. The van der Waals surface area contributed by atoms with Crippen molar-refractivity contribution in [1.82, 2.24) is 0 Å². The van der Waals surface area contributed by atoms with Crippen molar-refractivity contribution in [1.29, 1.82) is 0 Å². The highest BCUT2D eigenvalue weighted by molar-refractivity contribution is 7.02. The Bertz CT molecular complexity index is 142. The highest BCUT2D eigenvalue weighted by Gasteiger charge is 2.50. The van der Waals surface area contributed by atoms with Crippen LogP contribution in [0.5, 0.6) is 0 Å². The van der Waals surface area contributed by atoms with Gasteiger partial charge in [-0.05, 0) is 27.7 Å². The lowest BCUT2D eigenvalue weighted by atomic mass is 9.57. The predicted octanol–water partition coefficient (Wildman–Crippen LogP) is 0.187. The quantitative estimate of drug-likeness (QED) is 0.549. The molecule has 1 aliphatic heterocycles. The third-order valence-corrected chi connectivity index (χ3v) is 2.39. The molecule has 3 nitrogen and oxygen atoms in total. The highest BCUT2D eigenvalue weighted by Crippen LogP contribution is 2.35. The van der Waals surface area contributed by atoms with Gasteiger partial charge in [-0.15, -0.1) is 0 Å². The zero-order chi connectivity index (χ0) is 8.70. The molecule has 0 spiro atoms. The molecule has 1 rings (SSSR count). The lowest BCUT2D eigenvalue weighted by Crippen LogP contribution is -2.41. The molecule has 1 radical (unpaired) electrons. The number of hydrogen-bond acceptors (Lipinski definition) is 3. The van der Waals surface area contributed by atoms with Gasteiger partial charge in [-0.3, -0.25) is 0 Å². The molecule has 0 bridgehead atoms. The van der Waals surface area contributed by atoms with Crippen molar-refractivity contribution in [2.45, 2.75) is 38.9 Å². The summed E-state index contributed by atoms with van der Waals surface area (Å²) in [4.78, 5) is 0. The first kappa shape index (κ1) is 9.10. The van der Waals surface area contributed by atoms with E-state index in [0.29, 0.717) is 0 Å². The molecular formula is C6H13B2O3. The Balaban J connectivity index is 2.72. The first-order valence-corrected chi connectivity index (χ1v) is 3.72. The van der Waals surface area contributed by atoms with E-state index >= 15 is 0 Å². The van der Waals surface area contributed by atoms with Crippen molar-refractivity contribution in [2.24, 2.45) is 0 Å². The van der Waals surface area contributed by atoms with Gasteiger partial charge < -0.3 is 14.3 Å². The molecule has 1 aliphatic rings. The van der Waals surface area contributed by atoms with Gasteiger partial charge in [0.1, 0.15) is 0 Å². The van der Waals surface area contributed by atoms with E-state index in [-0.39, 0.29) is 11.2 Å². The van der Waals surface area contributed by atoms with Crippen molar-refractivity contribution < 1.29 is 14.3 Å². The number of hydrogen-bond donors (Lipinski definition) is 1. The fraction of sp³-hybridized carbons (Fsp3) is 1.00. The summed E-state index contributed by atoms with van der Waals surface area (Å²) in [5, 5.41) is 8.66. The molecule has 0 atom stereocenters. The molecule has 0 aromatic rings. The van der Waals surface area contributed by atoms with Crippen LogP contribution in [0.1, 0.15) is 27.7 Å². The number of rotatable bonds is 1. The van der Waals surface area contributed by atoms with Gasteiger partial charge >= 0.3 is 14.4 Å². The summed E-state index contributed by atoms with van der Waals surface area (Å²) in [6, 6.07) is 0. The molecule has 1 heterocycles. The van der Waals surface area contributed by atoms with E-state index in [1.54, 1.807) is 0 Å². The third kappa shape index (κ3) is 1.45. The second-order valence-corrected chi connectivity index (χ2v) is 3.77. The minimum absolute atomic E-state index is 0.350. The summed E-state index contributed by atoms with van der Waals surface area (Å²) in [6.07, 6.45) is 0. The van der Waals surface area contributed by atoms with Crippen LogP contribution >= 0.6 is 0 Å². The summed E-state index contributed by atoms with van der Waals surface area (Å²) in [5.41, 5.74) is -0.701. The minimum Gasteiger partial charge on any atom is -0.458 e. The van der Waals surface area contributed by atoms with Crippen LogP contribution in [0.3, 0.4) is 0 Å². The van der Waals surface area contributed by atoms with Crippen molar-refractivity contribution in [3.05, 3.63) is 0 Å². The maximum atomic E-state index is 8.66. The van der Waals surface area contributed by atoms with Gasteiger partial charge in [-0.1, -0.05) is 0 Å². The summed E-state index contributed by atoms with van der Waals surface area (Å²) < 4.78 is 10.8. The zero-order valence-corrected chi connectivity index (χ0v) is 7.42. The Morgan fingerprint density at radius 1 is 1.09 bits per heavy atom. The van der Waals surface area contributed by atoms with Gasteiger partial charge in [0.15, 0.2) is 0 Å². The Kier molecular flexibility index (Phi) is 2.07. The molecule has 1 fully saturated rings. The van der Waals surface area contributed by atoms with Crippen LogP contribution in [0.25, 0.3) is 0 Å². The van der Waals surface area contributed by atoms with Crippen LogP contribution in [-0.4, -0.2) is 30.6 Å². The van der Waals surface area contributed by atoms with Crippen LogP contribution in [-0.2, 0) is 9.31 Å². The molecule has 0 aliphatic carbocycles. The molecule has 0 amide bonds. The van der Waals surface area contributed by atoms with Crippen LogP contribution in [0, 0.1) is 0 Å². The van der Waals surface area contributed by atoms with E-state index in [9.17, 15) is 0 Å². The standard InChI is InChI=1S/C6H13B2O3/c1-5(2)6(3,4)11-8(7-9)10-5/h9H,1-4H3. The van der Waals surface area contributed by atoms with E-state index in [4.69, 9.17) is 14.3 Å². The van der Waals surface area contributed by atoms with E-state index in [0.717, 1.165) is 7.37 Å². The van der Waals surface area contributed by atoms with Gasteiger partial charge in [0.25, 0.3) is 0 Å². The molecule has 0 saturated carbocycles. The molecule has 0 unspecified atom stereocenters. The molecule has 0 aromatic carbocycles. The van der Waals surface area contributed by atoms with E-state index < -0.39 is 7.01 Å². The van der Waals surface area contributed by atoms with Crippen molar-refractivity contribution >= 4 is 14.4 Å². The zero-order valence-electron chi connectivity index (χ0n) is 7.42. The highest BCUT2D eigenvalue weighted by atomic mass is 16.7. The summed E-state index contributed by atoms with van der Waals surface area (Å²) in [5.74, 6) is 0. The van der Waals surface area contributed by atoms with Crippen molar-refractivity contribution in [3.8, 4) is 0 Å². The van der Waals surface area contributed by atoms with Crippen molar-refractivity contribution in [3.63, 3.8) is 0 Å². The van der Waals surface area contributed by atoms with Gasteiger partial charge in [0.2, 0.25) is 0 Å². The van der Waals surface area contributed by atoms with Crippen LogP contribution in [0.15, 0.2) is 0 Å². The maximum absolute atomic E-state index is 8.66. The Morgan fingerprint density at radius 3 is 1.64 bits per heavy atom. The summed E-state index contributed by atoms with van der Waals surface area (Å²) in [7, 11) is 0.344. The fourth-order valence-electron chi connectivity index (χ4n) is 0.949. The van der Waals surface area contributed by atoms with Crippen molar-refractivity contribution in [2.75, 3.05) is 0 Å². The fourth-order valence-corrected chi connectivity index (χ4v) is 0.949. The van der Waals surface area contributed by atoms with Gasteiger partial charge in [0.05, 0.1) is 11.2 Å². The first-order valence-electron chi connectivity index (χ1n) is 3.72. The first-order chi connectivity index (χ1) is 4.89. The van der Waals surface area contributed by atoms with Crippen LogP contribution in [0.4, 0.5) is 0 Å². The molecule has 0 aromatic heterocycles. The molecule has 1 saturated heterocycles. The summed E-state index contributed by atoms with van der Waals surface area (Å²) in [6.45, 7) is 7.76. The molecule has 5 heteroatoms. The van der Waals surface area contributed by atoms with E-state index in [1.807, 2.05) is 27.7 Å². The lowest BCUT2D eigenvalue weighted by Gasteiger charge is -2.32. The predicted molar refractivity (Wildman–Crippen MR) is 44.1 cm³/mol. The van der Waals surface area contributed by atoms with Gasteiger partial charge in [-0.2, -0.15) is 0 Å². The lowest BCUT2D eigenvalue weighted by molar-refractivity contribution is 0.00578. The summed E-state index contributed by atoms with van der Waals surface area (Å²) >= 11 is 0. The topological polar surface area (TPSA) is 38.7 Å². The Hall–Kier alpha value is 0.00987. The van der Waals surface area contributed by atoms with Gasteiger partial charge in [-0.25, -0.2) is 0 Å². The Morgan fingerprint density at radius 2 is 1.45 bits per heavy atom.